The maximum Gasteiger partial charge on any atom is 0.202 e. The highest BCUT2D eigenvalue weighted by Crippen LogP contribution is 2.26. The van der Waals surface area contributed by atoms with Crippen LogP contribution in [0, 0.1) is 0 Å². The summed E-state index contributed by atoms with van der Waals surface area (Å²) in [5.74, 6) is 0. The molecule has 0 bridgehead atoms. The van der Waals surface area contributed by atoms with E-state index in [2.05, 4.69) is 39.1 Å². The Labute approximate surface area is 91.0 Å². The molecule has 1 unspecified atom stereocenters. The molecule has 0 aromatic carbocycles. The molecule has 3 nitrogen and oxygen atoms in total. The van der Waals surface area contributed by atoms with E-state index in [-0.39, 0.29) is 0 Å². The highest BCUT2D eigenvalue weighted by molar-refractivity contribution is 7.10. The lowest BCUT2D eigenvalue weighted by Crippen LogP contribution is -2.07. The predicted molar refractivity (Wildman–Crippen MR) is 60.9 cm³/mol. The molecule has 2 aromatic rings. The van der Waals surface area contributed by atoms with Gasteiger partial charge in [-0.3, -0.25) is 0 Å². The van der Waals surface area contributed by atoms with Crippen LogP contribution >= 0.6 is 22.9 Å². The van der Waals surface area contributed by atoms with Crippen LogP contribution < -0.4 is 5.32 Å². The monoisotopic (exact) mass is 225 g/mol. The Morgan fingerprint density at radius 1 is 1.57 bits per heavy atom. The largest absolute Gasteiger partial charge is 0.353 e. The molecule has 0 amide bonds. The second-order valence-electron chi connectivity index (χ2n) is 2.87. The second-order valence-corrected chi connectivity index (χ2v) is 4.63. The summed E-state index contributed by atoms with van der Waals surface area (Å²) in [4.78, 5) is 5.46. The minimum atomic E-state index is 0.364. The molecule has 0 radical (unpaired) electrons. The van der Waals surface area contributed by atoms with E-state index < -0.39 is 0 Å². The molecular formula is C9H11N3S2. The number of nitrogens with one attached hydrogen (secondary N) is 1. The minimum Gasteiger partial charge on any atom is -0.353 e. The lowest BCUT2D eigenvalue weighted by Gasteiger charge is -2.13. The first-order chi connectivity index (χ1) is 6.90. The van der Waals surface area contributed by atoms with Gasteiger partial charge in [-0.25, -0.2) is 4.98 Å². The van der Waals surface area contributed by atoms with Crippen LogP contribution in [0.15, 0.2) is 23.8 Å². The molecule has 0 aliphatic heterocycles. The lowest BCUT2D eigenvalue weighted by atomic mass is 10.2. The highest BCUT2D eigenvalue weighted by Gasteiger charge is 2.10. The first-order valence-electron chi connectivity index (χ1n) is 4.46. The van der Waals surface area contributed by atoms with E-state index in [1.165, 1.54) is 16.4 Å². The maximum atomic E-state index is 4.11. The zero-order chi connectivity index (χ0) is 9.80. The van der Waals surface area contributed by atoms with Gasteiger partial charge >= 0.3 is 0 Å². The van der Waals surface area contributed by atoms with E-state index in [0.29, 0.717) is 6.04 Å². The lowest BCUT2D eigenvalue weighted by molar-refractivity contribution is 0.762. The van der Waals surface area contributed by atoms with Gasteiger partial charge in [-0.05, 0) is 17.9 Å². The smallest absolute Gasteiger partial charge is 0.202 e. The van der Waals surface area contributed by atoms with E-state index in [4.69, 9.17) is 0 Å². The van der Waals surface area contributed by atoms with Crippen LogP contribution in [0.5, 0.6) is 0 Å². The third-order valence-corrected chi connectivity index (χ3v) is 3.54. The molecule has 74 valence electrons. The average molecular weight is 225 g/mol. The Kier molecular flexibility index (Phi) is 3.10. The third-order valence-electron chi connectivity index (χ3n) is 1.95. The van der Waals surface area contributed by atoms with Gasteiger partial charge in [0.2, 0.25) is 5.13 Å². The van der Waals surface area contributed by atoms with Crippen LogP contribution in [-0.4, -0.2) is 9.36 Å². The Morgan fingerprint density at radius 2 is 2.50 bits per heavy atom. The van der Waals surface area contributed by atoms with Crippen molar-refractivity contribution in [1.29, 1.82) is 0 Å². The van der Waals surface area contributed by atoms with Gasteiger partial charge < -0.3 is 5.32 Å². The van der Waals surface area contributed by atoms with E-state index in [1.807, 2.05) is 0 Å². The first kappa shape index (κ1) is 9.61. The molecule has 1 N–H and O–H groups in total. The predicted octanol–water partition coefficient (Wildman–Crippen LogP) is 3.16. The fourth-order valence-corrected chi connectivity index (χ4v) is 2.59. The van der Waals surface area contributed by atoms with Gasteiger partial charge in [0.15, 0.2) is 0 Å². The summed E-state index contributed by atoms with van der Waals surface area (Å²) in [6.07, 6.45) is 2.63. The SMILES string of the molecule is CCC(Nc1ncns1)c1cccs1. The van der Waals surface area contributed by atoms with Gasteiger partial charge in [-0.1, -0.05) is 13.0 Å². The van der Waals surface area contributed by atoms with Crippen LogP contribution in [0.25, 0.3) is 0 Å². The molecule has 14 heavy (non-hydrogen) atoms. The van der Waals surface area contributed by atoms with Crippen molar-refractivity contribution in [1.82, 2.24) is 9.36 Å². The Morgan fingerprint density at radius 3 is 3.07 bits per heavy atom. The standard InChI is InChI=1S/C9H11N3S2/c1-2-7(8-4-3-5-13-8)12-9-10-6-11-14-9/h3-7H,2H2,1H3,(H,10,11,12). The van der Waals surface area contributed by atoms with Crippen molar-refractivity contribution in [2.75, 3.05) is 5.32 Å². The number of hydrogen-bond acceptors (Lipinski definition) is 5. The minimum absolute atomic E-state index is 0.364. The first-order valence-corrected chi connectivity index (χ1v) is 6.12. The van der Waals surface area contributed by atoms with Crippen LogP contribution in [0.2, 0.25) is 0 Å². The van der Waals surface area contributed by atoms with Crippen molar-refractivity contribution >= 4 is 28.0 Å². The van der Waals surface area contributed by atoms with Crippen LogP contribution in [0.4, 0.5) is 5.13 Å². The number of rotatable bonds is 4. The number of hydrogen-bond donors (Lipinski definition) is 1. The molecule has 2 rings (SSSR count). The zero-order valence-corrected chi connectivity index (χ0v) is 9.44. The molecule has 0 saturated carbocycles. The fourth-order valence-electron chi connectivity index (χ4n) is 1.25. The summed E-state index contributed by atoms with van der Waals surface area (Å²) in [6.45, 7) is 2.17. The van der Waals surface area contributed by atoms with Gasteiger partial charge in [-0.2, -0.15) is 4.37 Å². The Bertz CT molecular complexity index is 355. The van der Waals surface area contributed by atoms with Crippen molar-refractivity contribution in [2.24, 2.45) is 0 Å². The van der Waals surface area contributed by atoms with E-state index in [1.54, 1.807) is 17.7 Å². The third kappa shape index (κ3) is 2.10. The summed E-state index contributed by atoms with van der Waals surface area (Å²) in [5.41, 5.74) is 0. The van der Waals surface area contributed by atoms with Crippen molar-refractivity contribution in [3.8, 4) is 0 Å². The molecule has 2 heterocycles. The summed E-state index contributed by atoms with van der Waals surface area (Å²) in [7, 11) is 0. The van der Waals surface area contributed by atoms with Crippen LogP contribution in [-0.2, 0) is 0 Å². The molecule has 1 atom stereocenters. The summed E-state index contributed by atoms with van der Waals surface area (Å²) < 4.78 is 3.96. The summed E-state index contributed by atoms with van der Waals surface area (Å²) in [6, 6.07) is 4.58. The molecule has 2 aromatic heterocycles. The van der Waals surface area contributed by atoms with Gasteiger partial charge in [-0.15, -0.1) is 11.3 Å². The maximum absolute atomic E-state index is 4.11. The van der Waals surface area contributed by atoms with Crippen LogP contribution in [0.1, 0.15) is 24.3 Å². The van der Waals surface area contributed by atoms with Crippen molar-refractivity contribution in [2.45, 2.75) is 19.4 Å². The van der Waals surface area contributed by atoms with E-state index >= 15 is 0 Å². The molecule has 5 heteroatoms. The van der Waals surface area contributed by atoms with Gasteiger partial charge in [0, 0.05) is 16.4 Å². The molecular weight excluding hydrogens is 214 g/mol. The highest BCUT2D eigenvalue weighted by atomic mass is 32.1. The molecule has 0 aliphatic rings. The fraction of sp³-hybridized carbons (Fsp3) is 0.333. The van der Waals surface area contributed by atoms with Gasteiger partial charge in [0.25, 0.3) is 0 Å². The normalized spacial score (nSPS) is 12.6. The van der Waals surface area contributed by atoms with Crippen LogP contribution in [0.3, 0.4) is 0 Å². The number of anilines is 1. The quantitative estimate of drug-likeness (QED) is 0.868. The topological polar surface area (TPSA) is 37.8 Å². The number of thiophene rings is 1. The van der Waals surface area contributed by atoms with Crippen molar-refractivity contribution < 1.29 is 0 Å². The van der Waals surface area contributed by atoms with E-state index in [9.17, 15) is 0 Å². The second kappa shape index (κ2) is 4.52. The number of nitrogens with zero attached hydrogens (tertiary/aromatic N) is 2. The van der Waals surface area contributed by atoms with Gasteiger partial charge in [0.05, 0.1) is 6.04 Å². The zero-order valence-electron chi connectivity index (χ0n) is 7.80. The summed E-state index contributed by atoms with van der Waals surface area (Å²) in [5, 5.41) is 6.36. The number of aromatic nitrogens is 2. The summed E-state index contributed by atoms with van der Waals surface area (Å²) >= 11 is 3.17. The Balaban J connectivity index is 2.08. The average Bonchev–Trinajstić information content (AvgIpc) is 2.86. The molecule has 0 aliphatic carbocycles. The molecule has 0 fully saturated rings. The van der Waals surface area contributed by atoms with E-state index in [0.717, 1.165) is 11.6 Å². The molecule has 0 saturated heterocycles. The molecule has 0 spiro atoms. The van der Waals surface area contributed by atoms with Crippen molar-refractivity contribution in [3.05, 3.63) is 28.7 Å². The Hall–Kier alpha value is -0.940. The van der Waals surface area contributed by atoms with Gasteiger partial charge in [0.1, 0.15) is 6.33 Å². The van der Waals surface area contributed by atoms with Crippen molar-refractivity contribution in [3.63, 3.8) is 0 Å².